The molecule has 0 unspecified atom stereocenters. The number of hydrogen-bond donors (Lipinski definition) is 0. The topological polar surface area (TPSA) is 39.3 Å². The Hall–Kier alpha value is -3.14. The summed E-state index contributed by atoms with van der Waals surface area (Å²) in [7, 11) is 0. The number of benzene rings is 2. The van der Waals surface area contributed by atoms with Crippen LogP contribution in [0.2, 0.25) is 0 Å². The van der Waals surface area contributed by atoms with Crippen LogP contribution in [0.25, 0.3) is 16.8 Å². The summed E-state index contributed by atoms with van der Waals surface area (Å²) in [5.41, 5.74) is 4.68. The van der Waals surface area contributed by atoms with Crippen molar-refractivity contribution in [2.45, 2.75) is 13.5 Å². The maximum Gasteiger partial charge on any atom is 0.276 e. The van der Waals surface area contributed by atoms with E-state index in [4.69, 9.17) is 0 Å². The maximum atomic E-state index is 12.7. The molecule has 0 amide bonds. The minimum Gasteiger partial charge on any atom is -0.308 e. The zero-order chi connectivity index (χ0) is 16.5. The number of fused-ring (bicyclic) bond motifs is 1. The van der Waals surface area contributed by atoms with E-state index < -0.39 is 0 Å². The van der Waals surface area contributed by atoms with Crippen molar-refractivity contribution in [2.75, 3.05) is 0 Å². The van der Waals surface area contributed by atoms with Gasteiger partial charge in [0, 0.05) is 18.0 Å². The molecule has 0 aliphatic carbocycles. The predicted molar refractivity (Wildman–Crippen MR) is 95.2 cm³/mol. The van der Waals surface area contributed by atoms with Crippen LogP contribution in [0.4, 0.5) is 0 Å². The Morgan fingerprint density at radius 2 is 1.71 bits per heavy atom. The number of nitrogens with zero attached hydrogens (tertiary/aromatic N) is 3. The van der Waals surface area contributed by atoms with Crippen LogP contribution in [0.15, 0.2) is 77.9 Å². The molecule has 4 heteroatoms. The SMILES string of the molecule is Cc1ccc(Cn2ccn3nc(-c4ccccc4)cc3c2=O)cc1. The van der Waals surface area contributed by atoms with Gasteiger partial charge in [0.15, 0.2) is 0 Å². The number of aromatic nitrogens is 3. The molecule has 0 radical (unpaired) electrons. The van der Waals surface area contributed by atoms with Gasteiger partial charge in [0.25, 0.3) is 5.56 Å². The summed E-state index contributed by atoms with van der Waals surface area (Å²) in [5.74, 6) is 0. The average Bonchev–Trinajstić information content (AvgIpc) is 3.05. The summed E-state index contributed by atoms with van der Waals surface area (Å²) in [4.78, 5) is 12.7. The molecule has 4 rings (SSSR count). The normalized spacial score (nSPS) is 11.0. The third-order valence-corrected chi connectivity index (χ3v) is 4.15. The second kappa shape index (κ2) is 5.81. The van der Waals surface area contributed by atoms with Crippen LogP contribution in [0, 0.1) is 6.92 Å². The fourth-order valence-corrected chi connectivity index (χ4v) is 2.79. The van der Waals surface area contributed by atoms with Crippen molar-refractivity contribution in [1.82, 2.24) is 14.2 Å². The number of rotatable bonds is 3. The molecule has 0 aliphatic heterocycles. The Kier molecular flexibility index (Phi) is 3.50. The summed E-state index contributed by atoms with van der Waals surface area (Å²) in [5, 5.41) is 4.51. The van der Waals surface area contributed by atoms with E-state index in [1.807, 2.05) is 42.6 Å². The molecular weight excluding hydrogens is 298 g/mol. The Bertz CT molecular complexity index is 1040. The molecule has 0 aliphatic rings. The van der Waals surface area contributed by atoms with E-state index in [0.717, 1.165) is 16.8 Å². The van der Waals surface area contributed by atoms with Gasteiger partial charge in [-0.1, -0.05) is 60.2 Å². The van der Waals surface area contributed by atoms with Crippen molar-refractivity contribution in [3.63, 3.8) is 0 Å². The summed E-state index contributed by atoms with van der Waals surface area (Å²) in [6.45, 7) is 2.61. The van der Waals surface area contributed by atoms with Gasteiger partial charge in [0.05, 0.1) is 12.2 Å². The van der Waals surface area contributed by atoms with Gasteiger partial charge in [-0.15, -0.1) is 0 Å². The maximum absolute atomic E-state index is 12.7. The first-order chi connectivity index (χ1) is 11.7. The highest BCUT2D eigenvalue weighted by Gasteiger charge is 2.09. The number of aryl methyl sites for hydroxylation is 1. The molecule has 4 nitrogen and oxygen atoms in total. The Morgan fingerprint density at radius 3 is 2.46 bits per heavy atom. The molecule has 0 saturated heterocycles. The first-order valence-electron chi connectivity index (χ1n) is 7.90. The minimum absolute atomic E-state index is 0.0345. The smallest absolute Gasteiger partial charge is 0.276 e. The molecule has 2 heterocycles. The second-order valence-electron chi connectivity index (χ2n) is 5.94. The van der Waals surface area contributed by atoms with E-state index in [-0.39, 0.29) is 5.56 Å². The van der Waals surface area contributed by atoms with Crippen LogP contribution in [-0.2, 0) is 6.54 Å². The molecule has 4 aromatic rings. The lowest BCUT2D eigenvalue weighted by Crippen LogP contribution is -2.21. The van der Waals surface area contributed by atoms with Gasteiger partial charge in [0.1, 0.15) is 5.52 Å². The van der Waals surface area contributed by atoms with Crippen LogP contribution in [0.3, 0.4) is 0 Å². The van der Waals surface area contributed by atoms with Gasteiger partial charge in [0.2, 0.25) is 0 Å². The Balaban J connectivity index is 1.75. The van der Waals surface area contributed by atoms with Gasteiger partial charge in [-0.2, -0.15) is 5.10 Å². The largest absolute Gasteiger partial charge is 0.308 e. The van der Waals surface area contributed by atoms with Crippen molar-refractivity contribution < 1.29 is 0 Å². The van der Waals surface area contributed by atoms with Gasteiger partial charge < -0.3 is 4.57 Å². The van der Waals surface area contributed by atoms with E-state index >= 15 is 0 Å². The quantitative estimate of drug-likeness (QED) is 0.580. The van der Waals surface area contributed by atoms with E-state index in [9.17, 15) is 4.79 Å². The van der Waals surface area contributed by atoms with E-state index in [1.165, 1.54) is 5.56 Å². The summed E-state index contributed by atoms with van der Waals surface area (Å²) in [6, 6.07) is 20.0. The Labute approximate surface area is 139 Å². The minimum atomic E-state index is -0.0345. The second-order valence-corrected chi connectivity index (χ2v) is 5.94. The highest BCUT2D eigenvalue weighted by molar-refractivity contribution is 5.65. The number of hydrogen-bond acceptors (Lipinski definition) is 2. The monoisotopic (exact) mass is 315 g/mol. The molecule has 24 heavy (non-hydrogen) atoms. The standard InChI is InChI=1S/C20H17N3O/c1-15-7-9-16(10-8-15)14-22-11-12-23-19(20(22)24)13-18(21-23)17-5-3-2-4-6-17/h2-13H,14H2,1H3. The van der Waals surface area contributed by atoms with Gasteiger partial charge in [-0.05, 0) is 18.6 Å². The van der Waals surface area contributed by atoms with Gasteiger partial charge >= 0.3 is 0 Å². The lowest BCUT2D eigenvalue weighted by atomic mass is 10.1. The zero-order valence-corrected chi connectivity index (χ0v) is 13.4. The van der Waals surface area contributed by atoms with Crippen LogP contribution in [0.5, 0.6) is 0 Å². The molecule has 2 aromatic heterocycles. The van der Waals surface area contributed by atoms with Crippen molar-refractivity contribution in [1.29, 1.82) is 0 Å². The highest BCUT2D eigenvalue weighted by Crippen LogP contribution is 2.17. The van der Waals surface area contributed by atoms with Crippen molar-refractivity contribution in [3.8, 4) is 11.3 Å². The third kappa shape index (κ3) is 2.63. The fourth-order valence-electron chi connectivity index (χ4n) is 2.79. The lowest BCUT2D eigenvalue weighted by molar-refractivity contribution is 0.743. The van der Waals surface area contributed by atoms with Gasteiger partial charge in [-0.3, -0.25) is 4.79 Å². The molecule has 0 spiro atoms. The zero-order valence-electron chi connectivity index (χ0n) is 13.4. The van der Waals surface area contributed by atoms with Crippen LogP contribution in [-0.4, -0.2) is 14.2 Å². The molecule has 0 saturated carbocycles. The highest BCUT2D eigenvalue weighted by atomic mass is 16.1. The van der Waals surface area contributed by atoms with Crippen molar-refractivity contribution in [3.05, 3.63) is 94.5 Å². The first kappa shape index (κ1) is 14.5. The van der Waals surface area contributed by atoms with E-state index in [0.29, 0.717) is 12.1 Å². The van der Waals surface area contributed by atoms with Crippen LogP contribution in [0.1, 0.15) is 11.1 Å². The lowest BCUT2D eigenvalue weighted by Gasteiger charge is -2.06. The van der Waals surface area contributed by atoms with E-state index in [1.54, 1.807) is 15.3 Å². The molecule has 118 valence electrons. The first-order valence-corrected chi connectivity index (χ1v) is 7.90. The average molecular weight is 315 g/mol. The van der Waals surface area contributed by atoms with Gasteiger partial charge in [-0.25, -0.2) is 4.52 Å². The molecular formula is C20H17N3O. The molecule has 0 atom stereocenters. The van der Waals surface area contributed by atoms with Crippen molar-refractivity contribution in [2.24, 2.45) is 0 Å². The van der Waals surface area contributed by atoms with Crippen LogP contribution >= 0.6 is 0 Å². The summed E-state index contributed by atoms with van der Waals surface area (Å²) >= 11 is 0. The van der Waals surface area contributed by atoms with Crippen molar-refractivity contribution >= 4 is 5.52 Å². The summed E-state index contributed by atoms with van der Waals surface area (Å²) in [6.07, 6.45) is 3.62. The molecule has 0 fully saturated rings. The van der Waals surface area contributed by atoms with Crippen LogP contribution < -0.4 is 5.56 Å². The third-order valence-electron chi connectivity index (χ3n) is 4.15. The van der Waals surface area contributed by atoms with E-state index in [2.05, 4.69) is 36.3 Å². The predicted octanol–water partition coefficient (Wildman–Crippen LogP) is 3.52. The molecule has 0 bridgehead atoms. The Morgan fingerprint density at radius 1 is 0.958 bits per heavy atom. The molecule has 0 N–H and O–H groups in total. The molecule has 2 aromatic carbocycles. The summed E-state index contributed by atoms with van der Waals surface area (Å²) < 4.78 is 3.37. The fraction of sp³-hybridized carbons (Fsp3) is 0.100.